The van der Waals surface area contributed by atoms with Gasteiger partial charge in [0.25, 0.3) is 5.91 Å². The van der Waals surface area contributed by atoms with E-state index < -0.39 is 29.2 Å². The van der Waals surface area contributed by atoms with Crippen molar-refractivity contribution < 1.29 is 19.5 Å². The third-order valence-corrected chi connectivity index (χ3v) is 5.62. The van der Waals surface area contributed by atoms with E-state index in [0.717, 1.165) is 5.56 Å². The number of amides is 3. The quantitative estimate of drug-likeness (QED) is 0.420. The number of rotatable bonds is 2. The van der Waals surface area contributed by atoms with Crippen LogP contribution in [-0.2, 0) is 26.4 Å². The van der Waals surface area contributed by atoms with Crippen LogP contribution in [0.25, 0.3) is 0 Å². The molecule has 0 saturated heterocycles. The van der Waals surface area contributed by atoms with Crippen molar-refractivity contribution in [1.29, 1.82) is 0 Å². The molecule has 29 heavy (non-hydrogen) atoms. The van der Waals surface area contributed by atoms with Gasteiger partial charge in [-0.15, -0.1) is 0 Å². The van der Waals surface area contributed by atoms with Crippen LogP contribution < -0.4 is 16.5 Å². The van der Waals surface area contributed by atoms with Crippen molar-refractivity contribution in [2.75, 3.05) is 5.32 Å². The van der Waals surface area contributed by atoms with Crippen LogP contribution in [0.15, 0.2) is 41.5 Å². The summed E-state index contributed by atoms with van der Waals surface area (Å²) in [6, 6.07) is 10.0. The van der Waals surface area contributed by atoms with E-state index in [1.54, 1.807) is 18.2 Å². The standard InChI is InChI=1S/C19H14Cl2N4O4/c20-9-6-12-15(13(21)7-9)23-18(28)19(12,29)11-5-8-3-1-2-4-10(8)14(11)24-25-17(27)16(22)26/h1-4,6-7,11,29H,5H2,(H2,22,26)(H,23,28)(H,25,27)/b24-14-/t11-,19+/m1/s1. The third kappa shape index (κ3) is 2.96. The molecule has 1 heterocycles. The Balaban J connectivity index is 1.86. The fourth-order valence-corrected chi connectivity index (χ4v) is 4.32. The lowest BCUT2D eigenvalue weighted by Gasteiger charge is -2.28. The van der Waals surface area contributed by atoms with E-state index in [1.165, 1.54) is 12.1 Å². The molecule has 3 amide bonds. The summed E-state index contributed by atoms with van der Waals surface area (Å²) in [5.74, 6) is -3.89. The number of fused-ring (bicyclic) bond motifs is 2. The highest BCUT2D eigenvalue weighted by atomic mass is 35.5. The Bertz CT molecular complexity index is 1120. The minimum atomic E-state index is -2.04. The Morgan fingerprint density at radius 1 is 1.28 bits per heavy atom. The van der Waals surface area contributed by atoms with Gasteiger partial charge < -0.3 is 16.2 Å². The summed E-state index contributed by atoms with van der Waals surface area (Å²) >= 11 is 12.3. The first-order valence-electron chi connectivity index (χ1n) is 8.52. The first-order chi connectivity index (χ1) is 13.7. The highest BCUT2D eigenvalue weighted by molar-refractivity contribution is 6.38. The Labute approximate surface area is 174 Å². The monoisotopic (exact) mass is 432 g/mol. The molecule has 148 valence electrons. The number of primary amides is 1. The summed E-state index contributed by atoms with van der Waals surface area (Å²) < 4.78 is 0. The average Bonchev–Trinajstić information content (AvgIpc) is 3.17. The summed E-state index contributed by atoms with van der Waals surface area (Å²) in [6.07, 6.45) is 0.259. The number of nitrogens with two attached hydrogens (primary N) is 1. The van der Waals surface area contributed by atoms with Crippen molar-refractivity contribution >= 4 is 52.3 Å². The lowest BCUT2D eigenvalue weighted by Crippen LogP contribution is -2.45. The van der Waals surface area contributed by atoms with Crippen LogP contribution in [-0.4, -0.2) is 28.5 Å². The number of nitrogens with one attached hydrogen (secondary N) is 2. The Morgan fingerprint density at radius 3 is 2.72 bits per heavy atom. The number of hydrazone groups is 1. The van der Waals surface area contributed by atoms with Crippen LogP contribution in [0.5, 0.6) is 0 Å². The summed E-state index contributed by atoms with van der Waals surface area (Å²) in [6.45, 7) is 0. The molecule has 0 spiro atoms. The van der Waals surface area contributed by atoms with Crippen molar-refractivity contribution in [3.8, 4) is 0 Å². The molecule has 2 atom stereocenters. The van der Waals surface area contributed by atoms with E-state index in [-0.39, 0.29) is 33.4 Å². The summed E-state index contributed by atoms with van der Waals surface area (Å²) in [4.78, 5) is 35.5. The van der Waals surface area contributed by atoms with E-state index in [1.807, 2.05) is 6.07 Å². The van der Waals surface area contributed by atoms with E-state index in [0.29, 0.717) is 5.56 Å². The number of anilines is 1. The minimum Gasteiger partial charge on any atom is -0.375 e. The normalized spacial score (nSPS) is 23.5. The molecule has 1 aliphatic carbocycles. The molecule has 10 heteroatoms. The van der Waals surface area contributed by atoms with Gasteiger partial charge in [-0.25, -0.2) is 5.43 Å². The second-order valence-electron chi connectivity index (χ2n) is 6.75. The van der Waals surface area contributed by atoms with Gasteiger partial charge in [0.15, 0.2) is 5.60 Å². The first-order valence-corrected chi connectivity index (χ1v) is 9.28. The van der Waals surface area contributed by atoms with Crippen LogP contribution >= 0.6 is 23.2 Å². The molecule has 5 N–H and O–H groups in total. The molecule has 0 saturated carbocycles. The maximum Gasteiger partial charge on any atom is 0.329 e. The van der Waals surface area contributed by atoms with Gasteiger partial charge in [-0.3, -0.25) is 14.4 Å². The van der Waals surface area contributed by atoms with E-state index in [9.17, 15) is 19.5 Å². The number of nitrogens with zero attached hydrogens (tertiary/aromatic N) is 1. The first kappa shape index (κ1) is 19.4. The van der Waals surface area contributed by atoms with Gasteiger partial charge in [0.1, 0.15) is 0 Å². The van der Waals surface area contributed by atoms with Crippen molar-refractivity contribution in [2.24, 2.45) is 16.8 Å². The Morgan fingerprint density at radius 2 is 2.00 bits per heavy atom. The van der Waals surface area contributed by atoms with Gasteiger partial charge in [0, 0.05) is 16.1 Å². The van der Waals surface area contributed by atoms with Gasteiger partial charge >= 0.3 is 11.8 Å². The summed E-state index contributed by atoms with van der Waals surface area (Å²) in [7, 11) is 0. The van der Waals surface area contributed by atoms with Crippen LogP contribution in [0.1, 0.15) is 16.7 Å². The molecule has 0 aromatic heterocycles. The molecule has 0 radical (unpaired) electrons. The molecule has 4 rings (SSSR count). The molecule has 0 fully saturated rings. The Kier molecular flexibility index (Phi) is 4.57. The van der Waals surface area contributed by atoms with Crippen molar-refractivity contribution in [2.45, 2.75) is 12.0 Å². The zero-order chi connectivity index (χ0) is 20.9. The molecule has 8 nitrogen and oxygen atoms in total. The molecular formula is C19H14Cl2N4O4. The maximum atomic E-state index is 12.9. The van der Waals surface area contributed by atoms with Crippen LogP contribution in [0.3, 0.4) is 0 Å². The zero-order valence-electron chi connectivity index (χ0n) is 14.7. The molecule has 0 unspecified atom stereocenters. The smallest absolute Gasteiger partial charge is 0.329 e. The molecule has 1 aliphatic heterocycles. The molecule has 0 bridgehead atoms. The SMILES string of the molecule is NC(=O)C(=O)N/N=C1/c2ccccc2C[C@H]1[C@@]1(O)C(=O)Nc2c(Cl)cc(Cl)cc21. The lowest BCUT2D eigenvalue weighted by atomic mass is 9.79. The highest BCUT2D eigenvalue weighted by Crippen LogP contribution is 2.49. The predicted molar refractivity (Wildman–Crippen MR) is 106 cm³/mol. The summed E-state index contributed by atoms with van der Waals surface area (Å²) in [5.41, 5.74) is 7.14. The zero-order valence-corrected chi connectivity index (χ0v) is 16.2. The van der Waals surface area contributed by atoms with Crippen molar-refractivity contribution in [1.82, 2.24) is 5.43 Å². The fraction of sp³-hybridized carbons (Fsp3) is 0.158. The third-order valence-electron chi connectivity index (χ3n) is 5.10. The number of benzene rings is 2. The van der Waals surface area contributed by atoms with E-state index in [4.69, 9.17) is 28.9 Å². The molecular weight excluding hydrogens is 419 g/mol. The lowest BCUT2D eigenvalue weighted by molar-refractivity contribution is -0.137. The van der Waals surface area contributed by atoms with Crippen LogP contribution in [0.2, 0.25) is 10.0 Å². The second kappa shape index (κ2) is 6.84. The van der Waals surface area contributed by atoms with Gasteiger partial charge in [0.05, 0.1) is 22.3 Å². The fourth-order valence-electron chi connectivity index (χ4n) is 3.78. The predicted octanol–water partition coefficient (Wildman–Crippen LogP) is 1.31. The molecule has 2 aromatic rings. The van der Waals surface area contributed by atoms with Crippen molar-refractivity contribution in [3.63, 3.8) is 0 Å². The highest BCUT2D eigenvalue weighted by Gasteiger charge is 2.55. The van der Waals surface area contributed by atoms with Crippen molar-refractivity contribution in [3.05, 3.63) is 63.1 Å². The molecule has 2 aliphatic rings. The number of carbonyl (C=O) groups excluding carboxylic acids is 3. The summed E-state index contributed by atoms with van der Waals surface area (Å²) in [5, 5.41) is 18.6. The van der Waals surface area contributed by atoms with Gasteiger partial charge in [-0.2, -0.15) is 5.10 Å². The Hall–Kier alpha value is -2.94. The molecule has 2 aromatic carbocycles. The number of hydrogen-bond acceptors (Lipinski definition) is 5. The van der Waals surface area contributed by atoms with Crippen LogP contribution in [0.4, 0.5) is 5.69 Å². The van der Waals surface area contributed by atoms with E-state index >= 15 is 0 Å². The maximum absolute atomic E-state index is 12.9. The van der Waals surface area contributed by atoms with Gasteiger partial charge in [-0.1, -0.05) is 47.5 Å². The van der Waals surface area contributed by atoms with Crippen LogP contribution in [0, 0.1) is 5.92 Å². The van der Waals surface area contributed by atoms with Gasteiger partial charge in [-0.05, 0) is 24.1 Å². The minimum absolute atomic E-state index is 0.188. The second-order valence-corrected chi connectivity index (χ2v) is 7.59. The van der Waals surface area contributed by atoms with Gasteiger partial charge in [0.2, 0.25) is 0 Å². The number of aliphatic hydroxyl groups is 1. The number of halogens is 2. The largest absolute Gasteiger partial charge is 0.375 e. The number of carbonyl (C=O) groups is 3. The average molecular weight is 433 g/mol. The van der Waals surface area contributed by atoms with E-state index in [2.05, 4.69) is 15.8 Å². The number of hydrogen-bond donors (Lipinski definition) is 4. The topological polar surface area (TPSA) is 134 Å².